The summed E-state index contributed by atoms with van der Waals surface area (Å²) < 4.78 is 55.7. The number of hydrogen-bond donors (Lipinski definition) is 0. The number of benzene rings is 3. The van der Waals surface area contributed by atoms with Crippen molar-refractivity contribution >= 4 is 15.9 Å². The van der Waals surface area contributed by atoms with E-state index in [0.717, 1.165) is 11.1 Å². The van der Waals surface area contributed by atoms with E-state index in [2.05, 4.69) is 0 Å². The van der Waals surface area contributed by atoms with Crippen LogP contribution < -0.4 is 9.47 Å². The van der Waals surface area contributed by atoms with E-state index in [-0.39, 0.29) is 23.4 Å². The summed E-state index contributed by atoms with van der Waals surface area (Å²) in [5.41, 5.74) is 2.07. The highest BCUT2D eigenvalue weighted by atomic mass is 32.2. The molecule has 0 unspecified atom stereocenters. The summed E-state index contributed by atoms with van der Waals surface area (Å²) in [4.78, 5) is 14.2. The van der Waals surface area contributed by atoms with Crippen LogP contribution in [0.15, 0.2) is 71.6 Å². The highest BCUT2D eigenvalue weighted by Gasteiger charge is 2.26. The summed E-state index contributed by atoms with van der Waals surface area (Å²) in [6.07, 6.45) is 0.302. The van der Waals surface area contributed by atoms with Crippen molar-refractivity contribution in [1.29, 1.82) is 0 Å². The number of amides is 1. The quantitative estimate of drug-likeness (QED) is 0.403. The molecule has 0 aromatic heterocycles. The summed E-state index contributed by atoms with van der Waals surface area (Å²) in [6.45, 7) is 6.55. The summed E-state index contributed by atoms with van der Waals surface area (Å²) in [5.74, 6) is -0.0102. The first-order valence-corrected chi connectivity index (χ1v) is 13.6. The van der Waals surface area contributed by atoms with E-state index in [1.807, 2.05) is 26.8 Å². The molecule has 0 atom stereocenters. The highest BCUT2D eigenvalue weighted by molar-refractivity contribution is 7.91. The molecule has 0 fully saturated rings. The molecule has 3 aromatic rings. The molecule has 4 rings (SSSR count). The average molecular weight is 528 g/mol. The van der Waals surface area contributed by atoms with Crippen LogP contribution in [0, 0.1) is 5.82 Å². The van der Waals surface area contributed by atoms with E-state index >= 15 is 0 Å². The molecule has 1 amide bonds. The van der Waals surface area contributed by atoms with E-state index in [9.17, 15) is 17.6 Å². The first kappa shape index (κ1) is 26.5. The lowest BCUT2D eigenvalue weighted by Gasteiger charge is -2.31. The second-order valence-electron chi connectivity index (χ2n) is 9.85. The van der Waals surface area contributed by atoms with Crippen LogP contribution in [0.5, 0.6) is 11.5 Å². The number of fused-ring (bicyclic) bond motifs is 1. The molecule has 0 saturated carbocycles. The van der Waals surface area contributed by atoms with E-state index in [1.54, 1.807) is 41.3 Å². The fourth-order valence-electron chi connectivity index (χ4n) is 3.86. The molecule has 0 aliphatic carbocycles. The first-order chi connectivity index (χ1) is 17.5. The molecule has 9 heteroatoms. The Morgan fingerprint density at radius 3 is 2.38 bits per heavy atom. The topological polar surface area (TPSA) is 82.1 Å². The molecular formula is C28H30FNO6S. The van der Waals surface area contributed by atoms with Gasteiger partial charge < -0.3 is 19.1 Å². The van der Waals surface area contributed by atoms with Crippen molar-refractivity contribution in [3.05, 3.63) is 89.2 Å². The maximum absolute atomic E-state index is 13.3. The molecule has 0 N–H and O–H groups in total. The predicted octanol–water partition coefficient (Wildman–Crippen LogP) is 5.51. The van der Waals surface area contributed by atoms with Crippen LogP contribution in [0.4, 0.5) is 9.18 Å². The van der Waals surface area contributed by atoms with E-state index in [0.29, 0.717) is 36.6 Å². The molecule has 0 radical (unpaired) electrons. The normalized spacial score (nSPS) is 13.6. The van der Waals surface area contributed by atoms with Crippen LogP contribution in [0.3, 0.4) is 0 Å². The van der Waals surface area contributed by atoms with Gasteiger partial charge >= 0.3 is 6.09 Å². The van der Waals surface area contributed by atoms with Crippen molar-refractivity contribution in [2.45, 2.75) is 50.8 Å². The van der Waals surface area contributed by atoms with Gasteiger partial charge in [-0.2, -0.15) is 0 Å². The van der Waals surface area contributed by atoms with Crippen LogP contribution in [-0.4, -0.2) is 37.5 Å². The zero-order chi connectivity index (χ0) is 26.6. The van der Waals surface area contributed by atoms with Crippen molar-refractivity contribution in [2.75, 3.05) is 12.5 Å². The number of sulfone groups is 1. The van der Waals surface area contributed by atoms with Crippen molar-refractivity contribution in [3.8, 4) is 11.5 Å². The second-order valence-corrected chi connectivity index (χ2v) is 11.8. The molecule has 0 bridgehead atoms. The van der Waals surface area contributed by atoms with Gasteiger partial charge in [-0.3, -0.25) is 0 Å². The van der Waals surface area contributed by atoms with Crippen molar-refractivity contribution in [3.63, 3.8) is 0 Å². The molecule has 1 heterocycles. The van der Waals surface area contributed by atoms with Crippen LogP contribution in [-0.2, 0) is 34.1 Å². The fourth-order valence-corrected chi connectivity index (χ4v) is 4.83. The maximum atomic E-state index is 13.3. The van der Waals surface area contributed by atoms with Crippen LogP contribution >= 0.6 is 0 Å². The molecule has 196 valence electrons. The molecule has 0 saturated heterocycles. The maximum Gasteiger partial charge on any atom is 0.410 e. The molecule has 7 nitrogen and oxygen atoms in total. The average Bonchev–Trinajstić information content (AvgIpc) is 2.85. The number of hydrogen-bond acceptors (Lipinski definition) is 6. The Labute approximate surface area is 216 Å². The van der Waals surface area contributed by atoms with E-state index in [1.165, 1.54) is 24.3 Å². The molecule has 1 aliphatic heterocycles. The lowest BCUT2D eigenvalue weighted by molar-refractivity contribution is 0.0223. The highest BCUT2D eigenvalue weighted by Crippen LogP contribution is 2.26. The molecule has 1 aliphatic rings. The summed E-state index contributed by atoms with van der Waals surface area (Å²) in [5, 5.41) is 0. The van der Waals surface area contributed by atoms with Crippen LogP contribution in [0.2, 0.25) is 0 Å². The fraction of sp³-hybridized carbons (Fsp3) is 0.321. The van der Waals surface area contributed by atoms with Gasteiger partial charge in [0.15, 0.2) is 5.94 Å². The third-order valence-corrected chi connectivity index (χ3v) is 7.12. The minimum absolute atomic E-state index is 0.0969. The third kappa shape index (κ3) is 7.22. The predicted molar refractivity (Wildman–Crippen MR) is 137 cm³/mol. The van der Waals surface area contributed by atoms with Crippen LogP contribution in [0.1, 0.15) is 37.5 Å². The Morgan fingerprint density at radius 2 is 1.68 bits per heavy atom. The van der Waals surface area contributed by atoms with Gasteiger partial charge in [0.05, 0.1) is 4.90 Å². The Morgan fingerprint density at radius 1 is 0.946 bits per heavy atom. The Bertz CT molecular complexity index is 1370. The van der Waals surface area contributed by atoms with Crippen molar-refractivity contribution < 1.29 is 31.8 Å². The second kappa shape index (κ2) is 10.8. The standard InChI is InChI=1S/C28H30FNO6S/c1-28(2,3)36-27(31)30-14-13-21-7-8-25(16-22(21)17-30)35-19-37(32,33)26-11-9-24(10-12-26)34-18-20-5-4-6-23(29)15-20/h4-12,15-16H,13-14,17-19H2,1-3H3. The van der Waals surface area contributed by atoms with E-state index in [4.69, 9.17) is 14.2 Å². The van der Waals surface area contributed by atoms with Gasteiger partial charge in [-0.1, -0.05) is 18.2 Å². The zero-order valence-electron chi connectivity index (χ0n) is 21.1. The number of rotatable bonds is 7. The zero-order valence-corrected chi connectivity index (χ0v) is 21.9. The van der Waals surface area contributed by atoms with Gasteiger partial charge in [0.1, 0.15) is 29.5 Å². The number of carbonyl (C=O) groups excluding carboxylic acids is 1. The summed E-state index contributed by atoms with van der Waals surface area (Å²) in [7, 11) is -3.73. The van der Waals surface area contributed by atoms with Gasteiger partial charge in [-0.15, -0.1) is 0 Å². The largest absolute Gasteiger partial charge is 0.489 e. The summed E-state index contributed by atoms with van der Waals surface area (Å²) >= 11 is 0. The molecular weight excluding hydrogens is 497 g/mol. The Hall–Kier alpha value is -3.59. The number of nitrogens with zero attached hydrogens (tertiary/aromatic N) is 1. The minimum atomic E-state index is -3.73. The lowest BCUT2D eigenvalue weighted by Crippen LogP contribution is -2.39. The number of carbonyl (C=O) groups is 1. The molecule has 3 aromatic carbocycles. The van der Waals surface area contributed by atoms with Crippen molar-refractivity contribution in [1.82, 2.24) is 4.90 Å². The van der Waals surface area contributed by atoms with Gasteiger partial charge in [0.25, 0.3) is 0 Å². The molecule has 37 heavy (non-hydrogen) atoms. The van der Waals surface area contributed by atoms with Crippen molar-refractivity contribution in [2.24, 2.45) is 0 Å². The van der Waals surface area contributed by atoms with E-state index < -0.39 is 21.4 Å². The number of ether oxygens (including phenoxy) is 3. The third-order valence-electron chi connectivity index (χ3n) is 5.70. The van der Waals surface area contributed by atoms with Gasteiger partial charge in [-0.25, -0.2) is 17.6 Å². The molecule has 0 spiro atoms. The summed E-state index contributed by atoms with van der Waals surface area (Å²) in [6, 6.07) is 17.5. The van der Waals surface area contributed by atoms with Gasteiger partial charge in [0, 0.05) is 13.1 Å². The monoisotopic (exact) mass is 527 g/mol. The minimum Gasteiger partial charge on any atom is -0.489 e. The van der Waals surface area contributed by atoms with Gasteiger partial charge in [-0.05, 0) is 92.4 Å². The van der Waals surface area contributed by atoms with Gasteiger partial charge in [0.2, 0.25) is 9.84 Å². The smallest absolute Gasteiger partial charge is 0.410 e. The lowest BCUT2D eigenvalue weighted by atomic mass is 10.00. The Kier molecular flexibility index (Phi) is 7.73. The van der Waals surface area contributed by atoms with Crippen LogP contribution in [0.25, 0.3) is 0 Å². The SMILES string of the molecule is CC(C)(C)OC(=O)N1CCc2ccc(OCS(=O)(=O)c3ccc(OCc4cccc(F)c4)cc3)cc2C1. The first-order valence-electron chi connectivity index (χ1n) is 11.9. The number of halogens is 1. The Balaban J connectivity index is 1.35.